The van der Waals surface area contributed by atoms with Crippen molar-refractivity contribution in [3.8, 4) is 5.69 Å². The third-order valence-electron chi connectivity index (χ3n) is 2.87. The second kappa shape index (κ2) is 7.88. The molecule has 0 bridgehead atoms. The summed E-state index contributed by atoms with van der Waals surface area (Å²) in [5.41, 5.74) is 6.97. The zero-order chi connectivity index (χ0) is 15.4. The number of amides is 1. The predicted molar refractivity (Wildman–Crippen MR) is 84.0 cm³/mol. The SMILES string of the molecule is COCC(N)C(=O)Nc1cc(C)n(-c2cccc(F)c2)n1.Cl. The molecule has 8 heteroatoms. The van der Waals surface area contributed by atoms with Crippen molar-refractivity contribution in [2.24, 2.45) is 5.73 Å². The van der Waals surface area contributed by atoms with Gasteiger partial charge in [-0.1, -0.05) is 6.07 Å². The number of halogens is 2. The molecule has 0 aliphatic heterocycles. The van der Waals surface area contributed by atoms with E-state index in [4.69, 9.17) is 10.5 Å². The van der Waals surface area contributed by atoms with Crippen molar-refractivity contribution in [2.75, 3.05) is 19.0 Å². The van der Waals surface area contributed by atoms with Crippen LogP contribution in [-0.2, 0) is 9.53 Å². The van der Waals surface area contributed by atoms with E-state index in [2.05, 4.69) is 10.4 Å². The minimum Gasteiger partial charge on any atom is -0.383 e. The first kappa shape index (κ1) is 18.1. The number of methoxy groups -OCH3 is 1. The molecule has 0 aliphatic carbocycles. The molecular weight excluding hydrogens is 311 g/mol. The number of ether oxygens (including phenoxy) is 1. The van der Waals surface area contributed by atoms with Gasteiger partial charge in [0.25, 0.3) is 0 Å². The van der Waals surface area contributed by atoms with E-state index in [1.165, 1.54) is 19.2 Å². The lowest BCUT2D eigenvalue weighted by Gasteiger charge is -2.09. The molecule has 0 spiro atoms. The Bertz CT molecular complexity index is 648. The number of nitrogens with one attached hydrogen (secondary N) is 1. The highest BCUT2D eigenvalue weighted by atomic mass is 35.5. The minimum absolute atomic E-state index is 0. The van der Waals surface area contributed by atoms with Gasteiger partial charge in [0.05, 0.1) is 12.3 Å². The fourth-order valence-corrected chi connectivity index (χ4v) is 1.88. The molecule has 1 aromatic carbocycles. The van der Waals surface area contributed by atoms with E-state index in [9.17, 15) is 9.18 Å². The summed E-state index contributed by atoms with van der Waals surface area (Å²) in [7, 11) is 1.47. The average Bonchev–Trinajstić information content (AvgIpc) is 2.79. The van der Waals surface area contributed by atoms with Crippen molar-refractivity contribution in [2.45, 2.75) is 13.0 Å². The third kappa shape index (κ3) is 4.27. The van der Waals surface area contributed by atoms with Crippen LogP contribution in [0.25, 0.3) is 5.69 Å². The monoisotopic (exact) mass is 328 g/mol. The Hall–Kier alpha value is -1.96. The number of hydrogen-bond donors (Lipinski definition) is 2. The molecule has 0 saturated heterocycles. The molecule has 1 aromatic heterocycles. The van der Waals surface area contributed by atoms with E-state index in [0.29, 0.717) is 11.5 Å². The number of aryl methyl sites for hydroxylation is 1. The number of rotatable bonds is 5. The summed E-state index contributed by atoms with van der Waals surface area (Å²) in [6, 6.07) is 6.96. The zero-order valence-electron chi connectivity index (χ0n) is 12.2. The molecule has 0 radical (unpaired) electrons. The van der Waals surface area contributed by atoms with Gasteiger partial charge in [0.15, 0.2) is 5.82 Å². The van der Waals surface area contributed by atoms with Crippen LogP contribution in [0.1, 0.15) is 5.69 Å². The first-order valence-corrected chi connectivity index (χ1v) is 6.39. The van der Waals surface area contributed by atoms with Crippen LogP contribution in [-0.4, -0.2) is 35.4 Å². The van der Waals surface area contributed by atoms with Gasteiger partial charge in [0.2, 0.25) is 5.91 Å². The molecule has 1 atom stereocenters. The summed E-state index contributed by atoms with van der Waals surface area (Å²) in [4.78, 5) is 11.8. The van der Waals surface area contributed by atoms with Crippen LogP contribution in [0.5, 0.6) is 0 Å². The lowest BCUT2D eigenvalue weighted by atomic mass is 10.3. The van der Waals surface area contributed by atoms with Gasteiger partial charge >= 0.3 is 0 Å². The smallest absolute Gasteiger partial charge is 0.244 e. The van der Waals surface area contributed by atoms with E-state index in [1.807, 2.05) is 6.92 Å². The molecule has 6 nitrogen and oxygen atoms in total. The van der Waals surface area contributed by atoms with Gasteiger partial charge in [0.1, 0.15) is 11.9 Å². The van der Waals surface area contributed by atoms with Gasteiger partial charge in [-0.25, -0.2) is 9.07 Å². The predicted octanol–water partition coefficient (Wildman–Crippen LogP) is 1.65. The summed E-state index contributed by atoms with van der Waals surface area (Å²) in [6.45, 7) is 1.93. The minimum atomic E-state index is -0.769. The Labute approximate surface area is 133 Å². The number of benzene rings is 1. The summed E-state index contributed by atoms with van der Waals surface area (Å²) >= 11 is 0. The highest BCUT2D eigenvalue weighted by Gasteiger charge is 2.15. The van der Waals surface area contributed by atoms with Crippen LogP contribution >= 0.6 is 12.4 Å². The first-order valence-electron chi connectivity index (χ1n) is 6.39. The molecule has 120 valence electrons. The lowest BCUT2D eigenvalue weighted by molar-refractivity contribution is -0.118. The number of carbonyl (C=O) groups is 1. The van der Waals surface area contributed by atoms with E-state index in [1.54, 1.807) is 22.9 Å². The van der Waals surface area contributed by atoms with Crippen molar-refractivity contribution >= 4 is 24.1 Å². The fourth-order valence-electron chi connectivity index (χ4n) is 1.88. The number of aromatic nitrogens is 2. The summed E-state index contributed by atoms with van der Waals surface area (Å²) in [6.07, 6.45) is 0. The normalized spacial score (nSPS) is 11.6. The van der Waals surface area contributed by atoms with Crippen molar-refractivity contribution in [1.29, 1.82) is 0 Å². The van der Waals surface area contributed by atoms with Crippen molar-refractivity contribution in [3.63, 3.8) is 0 Å². The standard InChI is InChI=1S/C14H17FN4O2.ClH/c1-9-6-13(17-14(20)12(16)8-21-2)18-19(9)11-5-3-4-10(15)7-11;/h3-7,12H,8,16H2,1-2H3,(H,17,18,20);1H. The Morgan fingerprint density at radius 3 is 2.86 bits per heavy atom. The van der Waals surface area contributed by atoms with Crippen LogP contribution in [0.4, 0.5) is 10.2 Å². The van der Waals surface area contributed by atoms with Crippen molar-refractivity contribution in [1.82, 2.24) is 9.78 Å². The average molecular weight is 329 g/mol. The van der Waals surface area contributed by atoms with Crippen molar-refractivity contribution < 1.29 is 13.9 Å². The fraction of sp³-hybridized carbons (Fsp3) is 0.286. The van der Waals surface area contributed by atoms with E-state index >= 15 is 0 Å². The van der Waals surface area contributed by atoms with Gasteiger partial charge in [0, 0.05) is 18.9 Å². The largest absolute Gasteiger partial charge is 0.383 e. The number of hydrogen-bond acceptors (Lipinski definition) is 4. The molecular formula is C14H18ClFN4O2. The maximum absolute atomic E-state index is 13.3. The van der Waals surface area contributed by atoms with Crippen LogP contribution in [0.3, 0.4) is 0 Å². The van der Waals surface area contributed by atoms with Crippen LogP contribution in [0.15, 0.2) is 30.3 Å². The van der Waals surface area contributed by atoms with Crippen LogP contribution in [0, 0.1) is 12.7 Å². The Morgan fingerprint density at radius 2 is 2.23 bits per heavy atom. The van der Waals surface area contributed by atoms with E-state index in [0.717, 1.165) is 5.69 Å². The van der Waals surface area contributed by atoms with Gasteiger partial charge in [-0.2, -0.15) is 0 Å². The molecule has 0 aliphatic rings. The maximum atomic E-state index is 13.3. The quantitative estimate of drug-likeness (QED) is 0.874. The molecule has 22 heavy (non-hydrogen) atoms. The first-order chi connectivity index (χ1) is 10.0. The summed E-state index contributed by atoms with van der Waals surface area (Å²) < 4.78 is 19.6. The number of anilines is 1. The maximum Gasteiger partial charge on any atom is 0.244 e. The van der Waals surface area contributed by atoms with Gasteiger partial charge in [-0.3, -0.25) is 4.79 Å². The van der Waals surface area contributed by atoms with E-state index < -0.39 is 6.04 Å². The van der Waals surface area contributed by atoms with Crippen LogP contribution < -0.4 is 11.1 Å². The topological polar surface area (TPSA) is 82.2 Å². The summed E-state index contributed by atoms with van der Waals surface area (Å²) in [5, 5.41) is 6.83. The zero-order valence-corrected chi connectivity index (χ0v) is 13.1. The second-order valence-electron chi connectivity index (χ2n) is 4.61. The second-order valence-corrected chi connectivity index (χ2v) is 4.61. The van der Waals surface area contributed by atoms with Gasteiger partial charge < -0.3 is 15.8 Å². The van der Waals surface area contributed by atoms with Gasteiger partial charge in [-0.15, -0.1) is 17.5 Å². The highest BCUT2D eigenvalue weighted by Crippen LogP contribution is 2.16. The third-order valence-corrected chi connectivity index (χ3v) is 2.87. The van der Waals surface area contributed by atoms with Gasteiger partial charge in [-0.05, 0) is 25.1 Å². The molecule has 2 rings (SSSR count). The molecule has 1 heterocycles. The Balaban J connectivity index is 0.00000242. The Kier molecular flexibility index (Phi) is 6.48. The number of nitrogens with zero attached hydrogens (tertiary/aromatic N) is 2. The molecule has 3 N–H and O–H groups in total. The summed E-state index contributed by atoms with van der Waals surface area (Å²) in [5.74, 6) is -0.385. The van der Waals surface area contributed by atoms with Crippen LogP contribution in [0.2, 0.25) is 0 Å². The highest BCUT2D eigenvalue weighted by molar-refractivity contribution is 5.94. The molecule has 1 unspecified atom stereocenters. The lowest BCUT2D eigenvalue weighted by Crippen LogP contribution is -2.39. The molecule has 1 amide bonds. The number of carbonyl (C=O) groups excluding carboxylic acids is 1. The number of nitrogens with two attached hydrogens (primary N) is 1. The molecule has 0 fully saturated rings. The molecule has 2 aromatic rings. The van der Waals surface area contributed by atoms with Crippen molar-refractivity contribution in [3.05, 3.63) is 41.8 Å². The van der Waals surface area contributed by atoms with E-state index in [-0.39, 0.29) is 30.7 Å². The Morgan fingerprint density at radius 1 is 1.50 bits per heavy atom. The molecule has 0 saturated carbocycles.